The molecule has 102 valence electrons. The van der Waals surface area contributed by atoms with E-state index in [1.54, 1.807) is 6.92 Å². The molecule has 0 aromatic heterocycles. The summed E-state index contributed by atoms with van der Waals surface area (Å²) in [5, 5.41) is 12.4. The Kier molecular flexibility index (Phi) is 7.05. The minimum Gasteiger partial charge on any atom is -0.480 e. The molecule has 0 aromatic rings. The van der Waals surface area contributed by atoms with Gasteiger partial charge in [0.2, 0.25) is 11.8 Å². The van der Waals surface area contributed by atoms with Crippen molar-refractivity contribution in [1.29, 1.82) is 0 Å². The summed E-state index contributed by atoms with van der Waals surface area (Å²) in [7, 11) is 0. The zero-order valence-electron chi connectivity index (χ0n) is 9.76. The van der Waals surface area contributed by atoms with Crippen molar-refractivity contribution >= 4 is 23.8 Å². The van der Waals surface area contributed by atoms with Gasteiger partial charge in [-0.25, -0.2) is 4.79 Å². The van der Waals surface area contributed by atoms with Crippen LogP contribution < -0.4 is 16.4 Å². The van der Waals surface area contributed by atoms with Gasteiger partial charge in [0.1, 0.15) is 6.54 Å². The van der Waals surface area contributed by atoms with E-state index >= 15 is 0 Å². The van der Waals surface area contributed by atoms with Crippen LogP contribution in [0.25, 0.3) is 0 Å². The Morgan fingerprint density at radius 1 is 1.22 bits per heavy atom. The molecule has 18 heavy (non-hydrogen) atoms. The summed E-state index contributed by atoms with van der Waals surface area (Å²) >= 11 is 0. The fraction of sp³-hybridized carbons (Fsp3) is 0.556. The first-order chi connectivity index (χ1) is 8.38. The molecule has 2 amide bonds. The van der Waals surface area contributed by atoms with Crippen molar-refractivity contribution in [2.75, 3.05) is 19.7 Å². The number of esters is 1. The Balaban J connectivity index is 3.98. The van der Waals surface area contributed by atoms with E-state index in [1.165, 1.54) is 0 Å². The Hall–Kier alpha value is -2.16. The van der Waals surface area contributed by atoms with Crippen molar-refractivity contribution in [2.24, 2.45) is 5.73 Å². The van der Waals surface area contributed by atoms with Crippen LogP contribution in [0.2, 0.25) is 0 Å². The number of amides is 2. The maximum atomic E-state index is 11.3. The highest BCUT2D eigenvalue weighted by molar-refractivity contribution is 6.02. The molecule has 0 aliphatic carbocycles. The average molecular weight is 261 g/mol. The molecule has 0 aliphatic rings. The third-order valence-electron chi connectivity index (χ3n) is 1.68. The van der Waals surface area contributed by atoms with E-state index in [1.807, 2.05) is 5.32 Å². The van der Waals surface area contributed by atoms with Gasteiger partial charge in [-0.1, -0.05) is 0 Å². The highest BCUT2D eigenvalue weighted by Crippen LogP contribution is 1.85. The summed E-state index contributed by atoms with van der Waals surface area (Å²) < 4.78 is 4.51. The third-order valence-corrected chi connectivity index (χ3v) is 1.68. The van der Waals surface area contributed by atoms with Crippen LogP contribution in [0.4, 0.5) is 0 Å². The summed E-state index contributed by atoms with van der Waals surface area (Å²) in [6.45, 7) is 0.610. The fourth-order valence-electron chi connectivity index (χ4n) is 0.853. The third kappa shape index (κ3) is 6.43. The molecule has 0 fully saturated rings. The number of nitrogens with two attached hydrogens (primary N) is 1. The highest BCUT2D eigenvalue weighted by Gasteiger charge is 2.23. The predicted octanol–water partition coefficient (Wildman–Crippen LogP) is -2.81. The number of carboxylic acids is 1. The van der Waals surface area contributed by atoms with E-state index in [-0.39, 0.29) is 6.61 Å². The van der Waals surface area contributed by atoms with Crippen molar-refractivity contribution in [3.8, 4) is 0 Å². The van der Waals surface area contributed by atoms with Crippen LogP contribution in [0.5, 0.6) is 0 Å². The number of hydrogen-bond acceptors (Lipinski definition) is 6. The average Bonchev–Trinajstić information content (AvgIpc) is 2.32. The van der Waals surface area contributed by atoms with Gasteiger partial charge in [0.25, 0.3) is 0 Å². The van der Waals surface area contributed by atoms with Crippen molar-refractivity contribution in [3.05, 3.63) is 0 Å². The number of nitrogens with one attached hydrogen (secondary N) is 2. The SMILES string of the molecule is CCOC(=O)C(N)C(=O)NCC(=O)NCC(=O)O. The van der Waals surface area contributed by atoms with E-state index in [4.69, 9.17) is 10.8 Å². The Morgan fingerprint density at radius 2 is 1.83 bits per heavy atom. The largest absolute Gasteiger partial charge is 0.480 e. The molecule has 0 heterocycles. The summed E-state index contributed by atoms with van der Waals surface area (Å²) in [4.78, 5) is 43.5. The highest BCUT2D eigenvalue weighted by atomic mass is 16.5. The normalized spacial score (nSPS) is 11.2. The van der Waals surface area contributed by atoms with E-state index in [0.29, 0.717) is 0 Å². The van der Waals surface area contributed by atoms with Crippen molar-refractivity contribution in [3.63, 3.8) is 0 Å². The van der Waals surface area contributed by atoms with Gasteiger partial charge in [-0.05, 0) is 6.92 Å². The molecule has 0 aliphatic heterocycles. The lowest BCUT2D eigenvalue weighted by Crippen LogP contribution is -2.49. The molecule has 0 bridgehead atoms. The molecule has 0 radical (unpaired) electrons. The standard InChI is InChI=1S/C9H15N3O6/c1-2-18-9(17)7(10)8(16)12-3-5(13)11-4-6(14)15/h7H,2-4,10H2,1H3,(H,11,13)(H,12,16)(H,14,15). The molecule has 9 nitrogen and oxygen atoms in total. The number of ether oxygens (including phenoxy) is 1. The second-order valence-electron chi connectivity index (χ2n) is 3.12. The van der Waals surface area contributed by atoms with Gasteiger partial charge in [0.05, 0.1) is 13.2 Å². The lowest BCUT2D eigenvalue weighted by atomic mass is 10.3. The van der Waals surface area contributed by atoms with E-state index < -0.39 is 42.9 Å². The molecule has 0 saturated heterocycles. The van der Waals surface area contributed by atoms with Crippen LogP contribution in [0, 0.1) is 0 Å². The van der Waals surface area contributed by atoms with Gasteiger partial charge in [0, 0.05) is 0 Å². The van der Waals surface area contributed by atoms with Crippen molar-refractivity contribution < 1.29 is 29.0 Å². The zero-order chi connectivity index (χ0) is 14.1. The zero-order valence-corrected chi connectivity index (χ0v) is 9.76. The minimum atomic E-state index is -1.52. The smallest absolute Gasteiger partial charge is 0.332 e. The van der Waals surface area contributed by atoms with Gasteiger partial charge in [-0.15, -0.1) is 0 Å². The summed E-state index contributed by atoms with van der Waals surface area (Å²) in [6.07, 6.45) is 0. The topological polar surface area (TPSA) is 148 Å². The second kappa shape index (κ2) is 8.01. The van der Waals surface area contributed by atoms with E-state index in [9.17, 15) is 19.2 Å². The molecule has 0 spiro atoms. The van der Waals surface area contributed by atoms with Gasteiger partial charge in [0.15, 0.2) is 6.04 Å². The van der Waals surface area contributed by atoms with Crippen LogP contribution >= 0.6 is 0 Å². The van der Waals surface area contributed by atoms with Gasteiger partial charge < -0.3 is 26.2 Å². The Labute approximate surface area is 103 Å². The molecular weight excluding hydrogens is 246 g/mol. The fourth-order valence-corrected chi connectivity index (χ4v) is 0.853. The molecular formula is C9H15N3O6. The first-order valence-corrected chi connectivity index (χ1v) is 5.06. The molecule has 5 N–H and O–H groups in total. The number of rotatable bonds is 7. The lowest BCUT2D eigenvalue weighted by molar-refractivity contribution is -0.148. The Bertz CT molecular complexity index is 343. The minimum absolute atomic E-state index is 0.0823. The van der Waals surface area contributed by atoms with E-state index in [0.717, 1.165) is 0 Å². The lowest BCUT2D eigenvalue weighted by Gasteiger charge is -2.10. The number of aliphatic carboxylic acids is 1. The maximum absolute atomic E-state index is 11.3. The maximum Gasteiger partial charge on any atom is 0.332 e. The van der Waals surface area contributed by atoms with Crippen molar-refractivity contribution in [2.45, 2.75) is 13.0 Å². The number of carboxylic acid groups (broad SMARTS) is 1. The van der Waals surface area contributed by atoms with Crippen molar-refractivity contribution in [1.82, 2.24) is 10.6 Å². The summed E-state index contributed by atoms with van der Waals surface area (Å²) in [5.74, 6) is -3.69. The van der Waals surface area contributed by atoms with Gasteiger partial charge in [-0.2, -0.15) is 0 Å². The van der Waals surface area contributed by atoms with Crippen LogP contribution in [0.15, 0.2) is 0 Å². The van der Waals surface area contributed by atoms with Crippen LogP contribution in [-0.2, 0) is 23.9 Å². The summed E-state index contributed by atoms with van der Waals surface area (Å²) in [5.41, 5.74) is 5.24. The van der Waals surface area contributed by atoms with Crippen LogP contribution in [0.3, 0.4) is 0 Å². The number of carbonyl (C=O) groups is 4. The predicted molar refractivity (Wildman–Crippen MR) is 58.3 cm³/mol. The van der Waals surface area contributed by atoms with Crippen LogP contribution in [-0.4, -0.2) is 54.6 Å². The molecule has 1 atom stereocenters. The number of hydrogen-bond donors (Lipinski definition) is 4. The quantitative estimate of drug-likeness (QED) is 0.285. The van der Waals surface area contributed by atoms with Gasteiger partial charge in [-0.3, -0.25) is 14.4 Å². The summed E-state index contributed by atoms with van der Waals surface area (Å²) in [6, 6.07) is -1.52. The number of carbonyl (C=O) groups excluding carboxylic acids is 3. The Morgan fingerprint density at radius 3 is 2.33 bits per heavy atom. The first-order valence-electron chi connectivity index (χ1n) is 5.06. The monoisotopic (exact) mass is 261 g/mol. The van der Waals surface area contributed by atoms with E-state index in [2.05, 4.69) is 10.1 Å². The first kappa shape index (κ1) is 15.8. The molecule has 0 rings (SSSR count). The molecule has 1 unspecified atom stereocenters. The molecule has 9 heteroatoms. The van der Waals surface area contributed by atoms with Gasteiger partial charge >= 0.3 is 11.9 Å². The molecule has 0 aromatic carbocycles. The second-order valence-corrected chi connectivity index (χ2v) is 3.12. The van der Waals surface area contributed by atoms with Crippen LogP contribution in [0.1, 0.15) is 6.92 Å². The molecule has 0 saturated carbocycles.